The third-order valence-corrected chi connectivity index (χ3v) is 5.17. The zero-order chi connectivity index (χ0) is 17.1. The third-order valence-electron chi connectivity index (χ3n) is 5.17. The predicted molar refractivity (Wildman–Crippen MR) is 85.8 cm³/mol. The Labute approximate surface area is 140 Å². The van der Waals surface area contributed by atoms with Crippen LogP contribution in [0.4, 0.5) is 0 Å². The molecule has 0 amide bonds. The quantitative estimate of drug-likeness (QED) is 0.450. The van der Waals surface area contributed by atoms with Gasteiger partial charge in [0, 0.05) is 12.1 Å². The summed E-state index contributed by atoms with van der Waals surface area (Å²) in [6, 6.07) is 9.85. The van der Waals surface area contributed by atoms with Crippen LogP contribution in [0.5, 0.6) is 0 Å². The Balaban J connectivity index is 1.66. The van der Waals surface area contributed by atoms with E-state index in [1.54, 1.807) is 24.3 Å². The van der Waals surface area contributed by atoms with Crippen molar-refractivity contribution in [3.63, 3.8) is 0 Å². The number of rotatable bonds is 6. The fourth-order valence-corrected chi connectivity index (χ4v) is 3.83. The van der Waals surface area contributed by atoms with Crippen LogP contribution in [0.15, 0.2) is 30.3 Å². The highest BCUT2D eigenvalue weighted by Crippen LogP contribution is 2.36. The lowest BCUT2D eigenvalue weighted by Gasteiger charge is -2.36. The average molecular weight is 334 g/mol. The summed E-state index contributed by atoms with van der Waals surface area (Å²) in [6.07, 6.45) is 3.82. The van der Waals surface area contributed by atoms with Crippen LogP contribution < -0.4 is 0 Å². The monoisotopic (exact) mass is 334 g/mol. The number of fused-ring (bicyclic) bond motifs is 2. The summed E-state index contributed by atoms with van der Waals surface area (Å²) in [5.41, 5.74) is 0.667. The van der Waals surface area contributed by atoms with E-state index in [0.29, 0.717) is 17.6 Å². The van der Waals surface area contributed by atoms with Gasteiger partial charge in [-0.3, -0.25) is 4.79 Å². The lowest BCUT2D eigenvalue weighted by atomic mass is 9.98. The predicted octanol–water partition coefficient (Wildman–Crippen LogP) is 2.15. The zero-order valence-electron chi connectivity index (χ0n) is 13.7. The molecule has 2 aliphatic heterocycles. The van der Waals surface area contributed by atoms with Gasteiger partial charge in [-0.05, 0) is 38.3 Å². The maximum absolute atomic E-state index is 12.6. The number of piperidine rings is 1. The second-order valence-corrected chi connectivity index (χ2v) is 6.56. The van der Waals surface area contributed by atoms with Gasteiger partial charge in [-0.1, -0.05) is 30.3 Å². The minimum Gasteiger partial charge on any atom is -0.462 e. The molecule has 4 atom stereocenters. The molecule has 0 N–H and O–H groups in total. The number of hydrogen-bond acceptors (Lipinski definition) is 6. The van der Waals surface area contributed by atoms with Crippen molar-refractivity contribution < 1.29 is 19.5 Å². The molecule has 0 spiro atoms. The Hall–Kier alpha value is -2.15. The summed E-state index contributed by atoms with van der Waals surface area (Å²) < 4.78 is 5.70. The van der Waals surface area contributed by atoms with Crippen LogP contribution in [0, 0.1) is 10.1 Å². The van der Waals surface area contributed by atoms with Gasteiger partial charge >= 0.3 is 5.97 Å². The minimum absolute atomic E-state index is 0.118. The Bertz CT molecular complexity index is 580. The van der Waals surface area contributed by atoms with Gasteiger partial charge < -0.3 is 14.5 Å². The van der Waals surface area contributed by atoms with Gasteiger partial charge in [0.2, 0.25) is 0 Å². The molecule has 7 heteroatoms. The molecule has 2 bridgehead atoms. The first-order chi connectivity index (χ1) is 11.5. The first-order valence-corrected chi connectivity index (χ1v) is 8.29. The van der Waals surface area contributed by atoms with Gasteiger partial charge in [-0.25, -0.2) is 0 Å². The van der Waals surface area contributed by atoms with E-state index in [4.69, 9.17) is 4.74 Å². The van der Waals surface area contributed by atoms with Crippen molar-refractivity contribution in [1.29, 1.82) is 0 Å². The number of ether oxygens (including phenoxy) is 1. The van der Waals surface area contributed by atoms with Crippen LogP contribution in [0.2, 0.25) is 0 Å². The lowest BCUT2D eigenvalue weighted by Crippen LogP contribution is -2.44. The van der Waals surface area contributed by atoms with Gasteiger partial charge in [0.25, 0.3) is 5.09 Å². The van der Waals surface area contributed by atoms with Gasteiger partial charge in [0.1, 0.15) is 18.6 Å². The molecule has 1 aromatic rings. The van der Waals surface area contributed by atoms with Crippen molar-refractivity contribution in [3.05, 3.63) is 46.0 Å². The Morgan fingerprint density at radius 3 is 2.50 bits per heavy atom. The molecule has 130 valence electrons. The van der Waals surface area contributed by atoms with Gasteiger partial charge in [-0.15, -0.1) is 10.1 Å². The molecule has 7 nitrogen and oxygen atoms in total. The molecular formula is C17H22N2O5. The number of hydrogen-bond donors (Lipinski definition) is 0. The molecule has 0 saturated carbocycles. The highest BCUT2D eigenvalue weighted by molar-refractivity contribution is 5.78. The van der Waals surface area contributed by atoms with Crippen LogP contribution in [0.1, 0.15) is 37.2 Å². The molecule has 0 radical (unpaired) electrons. The number of carbonyl (C=O) groups excluding carboxylic acids is 1. The summed E-state index contributed by atoms with van der Waals surface area (Å²) in [5, 5.41) is 9.63. The fraction of sp³-hybridized carbons (Fsp3) is 0.588. The van der Waals surface area contributed by atoms with Crippen molar-refractivity contribution in [1.82, 2.24) is 4.90 Å². The normalized spacial score (nSPS) is 27.5. The molecule has 2 aliphatic rings. The number of benzene rings is 1. The largest absolute Gasteiger partial charge is 0.462 e. The standard InChI is InChI=1S/C17H22N2O5/c1-18-13-7-8-14(18)10-15(9-13)24-17(20)16(11-23-19(21)22)12-5-3-2-4-6-12/h2-6,13-16H,7-11H2,1H3/t13-,14+,15+,16?. The van der Waals surface area contributed by atoms with E-state index in [9.17, 15) is 14.9 Å². The van der Waals surface area contributed by atoms with Crippen molar-refractivity contribution in [2.45, 2.75) is 49.8 Å². The molecule has 0 aromatic heterocycles. The molecule has 1 unspecified atom stereocenters. The maximum Gasteiger partial charge on any atom is 0.315 e. The van der Waals surface area contributed by atoms with Crippen LogP contribution in [-0.4, -0.2) is 47.8 Å². The topological polar surface area (TPSA) is 81.9 Å². The van der Waals surface area contributed by atoms with E-state index < -0.39 is 17.0 Å². The first kappa shape index (κ1) is 16.7. The van der Waals surface area contributed by atoms with Crippen molar-refractivity contribution >= 4 is 5.97 Å². The van der Waals surface area contributed by atoms with Crippen LogP contribution in [-0.2, 0) is 14.4 Å². The Morgan fingerprint density at radius 1 is 1.29 bits per heavy atom. The molecule has 24 heavy (non-hydrogen) atoms. The maximum atomic E-state index is 12.6. The lowest BCUT2D eigenvalue weighted by molar-refractivity contribution is -0.758. The molecule has 2 fully saturated rings. The SMILES string of the molecule is CN1[C@@H]2CC[C@H]1C[C@@H](OC(=O)C(CO[N+](=O)[O-])c1ccccc1)C2. The van der Waals surface area contributed by atoms with Crippen molar-refractivity contribution in [2.24, 2.45) is 0 Å². The second-order valence-electron chi connectivity index (χ2n) is 6.56. The molecule has 0 aliphatic carbocycles. The van der Waals surface area contributed by atoms with E-state index in [1.807, 2.05) is 6.07 Å². The van der Waals surface area contributed by atoms with Crippen molar-refractivity contribution in [3.8, 4) is 0 Å². The highest BCUT2D eigenvalue weighted by Gasteiger charge is 2.40. The summed E-state index contributed by atoms with van der Waals surface area (Å²) in [4.78, 5) is 29.9. The number of esters is 1. The molecule has 2 heterocycles. The molecule has 3 rings (SSSR count). The minimum atomic E-state index is -0.876. The van der Waals surface area contributed by atoms with E-state index in [1.165, 1.54) is 0 Å². The number of carbonyl (C=O) groups is 1. The van der Waals surface area contributed by atoms with Gasteiger partial charge in [0.05, 0.1) is 0 Å². The van der Waals surface area contributed by atoms with E-state index in [-0.39, 0.29) is 12.7 Å². The molecule has 2 saturated heterocycles. The zero-order valence-corrected chi connectivity index (χ0v) is 13.7. The first-order valence-electron chi connectivity index (χ1n) is 8.29. The Morgan fingerprint density at radius 2 is 1.92 bits per heavy atom. The number of nitrogens with zero attached hydrogens (tertiary/aromatic N) is 2. The van der Waals surface area contributed by atoms with Crippen molar-refractivity contribution in [2.75, 3.05) is 13.7 Å². The second kappa shape index (κ2) is 7.17. The highest BCUT2D eigenvalue weighted by atomic mass is 16.9. The molecular weight excluding hydrogens is 312 g/mol. The Kier molecular flexibility index (Phi) is 4.99. The van der Waals surface area contributed by atoms with Crippen LogP contribution >= 0.6 is 0 Å². The van der Waals surface area contributed by atoms with Gasteiger partial charge in [-0.2, -0.15) is 0 Å². The van der Waals surface area contributed by atoms with E-state index in [0.717, 1.165) is 25.7 Å². The fourth-order valence-electron chi connectivity index (χ4n) is 3.83. The molecule has 1 aromatic carbocycles. The van der Waals surface area contributed by atoms with Gasteiger partial charge in [0.15, 0.2) is 0 Å². The summed E-state index contributed by atoms with van der Waals surface area (Å²) in [5.74, 6) is -1.23. The van der Waals surface area contributed by atoms with E-state index >= 15 is 0 Å². The smallest absolute Gasteiger partial charge is 0.315 e. The van der Waals surface area contributed by atoms with Crippen LogP contribution in [0.25, 0.3) is 0 Å². The summed E-state index contributed by atoms with van der Waals surface area (Å²) >= 11 is 0. The average Bonchev–Trinajstić information content (AvgIpc) is 2.77. The van der Waals surface area contributed by atoms with E-state index in [2.05, 4.69) is 16.8 Å². The van der Waals surface area contributed by atoms with Crippen LogP contribution in [0.3, 0.4) is 0 Å². The third kappa shape index (κ3) is 3.67. The summed E-state index contributed by atoms with van der Waals surface area (Å²) in [6.45, 7) is -0.324. The summed E-state index contributed by atoms with van der Waals surface area (Å²) in [7, 11) is 2.12.